The quantitative estimate of drug-likeness (QED) is 0.364. The minimum atomic E-state index is -1.12. The molecular weight excluding hydrogens is 510 g/mol. The number of carbonyl (C=O) groups excluding carboxylic acids is 1. The molecule has 1 fully saturated rings. The molecule has 0 bridgehead atoms. The van der Waals surface area contributed by atoms with Gasteiger partial charge in [0.15, 0.2) is 12.0 Å². The third-order valence-electron chi connectivity index (χ3n) is 7.35. The lowest BCUT2D eigenvalue weighted by Crippen LogP contribution is -2.50. The standard InChI is InChI=1S/C30H41N5O5/c1-30(2,3)39-19-24(28(37)38)33-26(36)15-14-25(20-10-6-4-7-11-20)35-18-21-16-27(32-17-23(21)34-29(35)31)40-22-12-8-5-9-13-22/h5,8-9,12-13,16-17,20,24-25H,4,6-7,10-11,14-15,18-19H2,1-3H3,(H2,31,34)(H,33,36)(H,37,38)/t24?,25-/m1/s1. The van der Waals surface area contributed by atoms with Crippen molar-refractivity contribution >= 4 is 23.5 Å². The first-order valence-corrected chi connectivity index (χ1v) is 14.1. The normalized spacial score (nSPS) is 17.4. The van der Waals surface area contributed by atoms with Gasteiger partial charge < -0.3 is 30.5 Å². The van der Waals surface area contributed by atoms with E-state index >= 15 is 0 Å². The lowest BCUT2D eigenvalue weighted by atomic mass is 9.81. The van der Waals surface area contributed by atoms with Crippen molar-refractivity contribution in [2.75, 3.05) is 6.61 Å². The fraction of sp³-hybridized carbons (Fsp3) is 0.533. The SMILES string of the molecule is CC(C)(C)OCC(NC(=O)CC[C@H](C1CCCCC1)N1Cc2cc(Oc3ccccc3)ncc2N=C1N)C(=O)O. The first-order chi connectivity index (χ1) is 19.1. The average molecular weight is 552 g/mol. The van der Waals surface area contributed by atoms with Gasteiger partial charge in [0.2, 0.25) is 11.8 Å². The van der Waals surface area contributed by atoms with Crippen LogP contribution in [0.3, 0.4) is 0 Å². The third kappa shape index (κ3) is 8.17. The Labute approximate surface area is 236 Å². The third-order valence-corrected chi connectivity index (χ3v) is 7.35. The zero-order valence-corrected chi connectivity index (χ0v) is 23.6. The second-order valence-corrected chi connectivity index (χ2v) is 11.6. The van der Waals surface area contributed by atoms with E-state index in [4.69, 9.17) is 15.2 Å². The minimum absolute atomic E-state index is 0.0105. The van der Waals surface area contributed by atoms with Crippen LogP contribution in [0.4, 0.5) is 5.69 Å². The molecule has 1 saturated carbocycles. The predicted molar refractivity (Wildman–Crippen MR) is 152 cm³/mol. The number of guanidine groups is 1. The molecule has 0 spiro atoms. The molecule has 2 aromatic rings. The zero-order valence-electron chi connectivity index (χ0n) is 23.6. The molecule has 0 saturated heterocycles. The van der Waals surface area contributed by atoms with Crippen LogP contribution in [0, 0.1) is 5.92 Å². The highest BCUT2D eigenvalue weighted by molar-refractivity contribution is 5.85. The molecule has 1 aliphatic carbocycles. The Morgan fingerprint density at radius 3 is 2.58 bits per heavy atom. The summed E-state index contributed by atoms with van der Waals surface area (Å²) in [5, 5.41) is 12.2. The summed E-state index contributed by atoms with van der Waals surface area (Å²) in [4.78, 5) is 35.8. The van der Waals surface area contributed by atoms with Crippen LogP contribution in [0.15, 0.2) is 47.6 Å². The summed E-state index contributed by atoms with van der Waals surface area (Å²) in [5.74, 6) is 0.506. The van der Waals surface area contributed by atoms with Crippen molar-refractivity contribution < 1.29 is 24.2 Å². The molecule has 1 amide bonds. The number of nitrogens with one attached hydrogen (secondary N) is 1. The number of aromatic nitrogens is 1. The largest absolute Gasteiger partial charge is 0.480 e. The molecule has 4 rings (SSSR count). The minimum Gasteiger partial charge on any atom is -0.480 e. The monoisotopic (exact) mass is 551 g/mol. The Balaban J connectivity index is 1.46. The summed E-state index contributed by atoms with van der Waals surface area (Å²) in [6, 6.07) is 10.3. The maximum Gasteiger partial charge on any atom is 0.328 e. The molecule has 1 unspecified atom stereocenters. The van der Waals surface area contributed by atoms with Crippen molar-refractivity contribution in [1.82, 2.24) is 15.2 Å². The Kier molecular flexibility index (Phi) is 9.63. The van der Waals surface area contributed by atoms with E-state index in [0.29, 0.717) is 42.2 Å². The first kappa shape index (κ1) is 29.3. The van der Waals surface area contributed by atoms with Gasteiger partial charge in [0, 0.05) is 30.6 Å². The predicted octanol–water partition coefficient (Wildman–Crippen LogP) is 4.75. The molecule has 2 heterocycles. The van der Waals surface area contributed by atoms with E-state index < -0.39 is 17.6 Å². The lowest BCUT2D eigenvalue weighted by Gasteiger charge is -2.41. The number of aliphatic imine (C=N–C) groups is 1. The van der Waals surface area contributed by atoms with Crippen LogP contribution in [0.25, 0.3) is 0 Å². The summed E-state index contributed by atoms with van der Waals surface area (Å²) in [6.45, 7) is 5.97. The van der Waals surface area contributed by atoms with Crippen molar-refractivity contribution in [3.63, 3.8) is 0 Å². The number of carboxylic acids is 1. The fourth-order valence-electron chi connectivity index (χ4n) is 5.32. The van der Waals surface area contributed by atoms with E-state index in [1.807, 2.05) is 57.2 Å². The number of hydrogen-bond acceptors (Lipinski definition) is 8. The van der Waals surface area contributed by atoms with Gasteiger partial charge in [-0.2, -0.15) is 0 Å². The molecule has 216 valence electrons. The van der Waals surface area contributed by atoms with Crippen molar-refractivity contribution in [3.05, 3.63) is 48.2 Å². The smallest absolute Gasteiger partial charge is 0.328 e. The summed E-state index contributed by atoms with van der Waals surface area (Å²) in [7, 11) is 0. The summed E-state index contributed by atoms with van der Waals surface area (Å²) < 4.78 is 11.6. The van der Waals surface area contributed by atoms with Gasteiger partial charge in [0.1, 0.15) is 5.75 Å². The number of benzene rings is 1. The van der Waals surface area contributed by atoms with Crippen LogP contribution < -0.4 is 15.8 Å². The Hall–Kier alpha value is -3.66. The molecule has 2 aliphatic rings. The van der Waals surface area contributed by atoms with Crippen molar-refractivity contribution in [3.8, 4) is 11.6 Å². The highest BCUT2D eigenvalue weighted by Gasteiger charge is 2.33. The number of carbonyl (C=O) groups is 2. The van der Waals surface area contributed by atoms with Gasteiger partial charge >= 0.3 is 5.97 Å². The average Bonchev–Trinajstić information content (AvgIpc) is 2.92. The van der Waals surface area contributed by atoms with Crippen LogP contribution >= 0.6 is 0 Å². The van der Waals surface area contributed by atoms with Crippen LogP contribution in [-0.2, 0) is 20.9 Å². The van der Waals surface area contributed by atoms with E-state index in [0.717, 1.165) is 31.2 Å². The first-order valence-electron chi connectivity index (χ1n) is 14.1. The molecule has 4 N–H and O–H groups in total. The van der Waals surface area contributed by atoms with E-state index in [1.54, 1.807) is 6.20 Å². The highest BCUT2D eigenvalue weighted by Crippen LogP contribution is 2.36. The number of aliphatic carboxylic acids is 1. The van der Waals surface area contributed by atoms with Gasteiger partial charge in [-0.25, -0.2) is 14.8 Å². The van der Waals surface area contributed by atoms with Crippen LogP contribution in [0.5, 0.6) is 11.6 Å². The number of carboxylic acid groups (broad SMARTS) is 1. The highest BCUT2D eigenvalue weighted by atomic mass is 16.5. The second-order valence-electron chi connectivity index (χ2n) is 11.6. The van der Waals surface area contributed by atoms with E-state index in [1.165, 1.54) is 6.42 Å². The molecular formula is C30H41N5O5. The molecule has 40 heavy (non-hydrogen) atoms. The molecule has 1 aromatic heterocycles. The Morgan fingerprint density at radius 1 is 1.18 bits per heavy atom. The number of pyridine rings is 1. The maximum absolute atomic E-state index is 12.9. The Morgan fingerprint density at radius 2 is 1.90 bits per heavy atom. The number of hydrogen-bond donors (Lipinski definition) is 3. The van der Waals surface area contributed by atoms with Gasteiger partial charge in [-0.05, 0) is 58.1 Å². The summed E-state index contributed by atoms with van der Waals surface area (Å²) >= 11 is 0. The van der Waals surface area contributed by atoms with Gasteiger partial charge in [-0.15, -0.1) is 0 Å². The molecule has 10 heteroatoms. The molecule has 1 aromatic carbocycles. The number of para-hydroxylation sites is 1. The summed E-state index contributed by atoms with van der Waals surface area (Å²) in [5.41, 5.74) is 7.64. The van der Waals surface area contributed by atoms with Gasteiger partial charge in [-0.1, -0.05) is 37.5 Å². The number of ether oxygens (including phenoxy) is 2. The van der Waals surface area contributed by atoms with Crippen LogP contribution in [0.1, 0.15) is 71.3 Å². The zero-order chi connectivity index (χ0) is 28.7. The second kappa shape index (κ2) is 13.1. The van der Waals surface area contributed by atoms with Crippen LogP contribution in [0.2, 0.25) is 0 Å². The molecule has 10 nitrogen and oxygen atoms in total. The van der Waals surface area contributed by atoms with E-state index in [-0.39, 0.29) is 25.0 Å². The molecule has 1 aliphatic heterocycles. The van der Waals surface area contributed by atoms with E-state index in [9.17, 15) is 14.7 Å². The fourth-order valence-corrected chi connectivity index (χ4v) is 5.32. The Bertz CT molecular complexity index is 1190. The van der Waals surface area contributed by atoms with Crippen molar-refractivity contribution in [1.29, 1.82) is 0 Å². The number of amides is 1. The number of nitrogens with two attached hydrogens (primary N) is 1. The van der Waals surface area contributed by atoms with Crippen LogP contribution in [-0.4, -0.2) is 57.1 Å². The number of fused-ring (bicyclic) bond motifs is 1. The van der Waals surface area contributed by atoms with Gasteiger partial charge in [0.25, 0.3) is 0 Å². The van der Waals surface area contributed by atoms with Crippen molar-refractivity contribution in [2.45, 2.75) is 89.9 Å². The number of rotatable bonds is 11. The molecule has 2 atom stereocenters. The van der Waals surface area contributed by atoms with Crippen molar-refractivity contribution in [2.24, 2.45) is 16.6 Å². The topological polar surface area (TPSA) is 139 Å². The lowest BCUT2D eigenvalue weighted by molar-refractivity contribution is -0.145. The summed E-state index contributed by atoms with van der Waals surface area (Å²) in [6.07, 6.45) is 7.97. The molecule has 0 radical (unpaired) electrons. The van der Waals surface area contributed by atoms with E-state index in [2.05, 4.69) is 20.2 Å². The van der Waals surface area contributed by atoms with Gasteiger partial charge in [-0.3, -0.25) is 4.79 Å². The maximum atomic E-state index is 12.9. The number of nitrogens with zero attached hydrogens (tertiary/aromatic N) is 3. The van der Waals surface area contributed by atoms with Gasteiger partial charge in [0.05, 0.1) is 24.1 Å².